The van der Waals surface area contributed by atoms with Crippen LogP contribution in [0.25, 0.3) is 0 Å². The third-order valence-electron chi connectivity index (χ3n) is 9.08. The van der Waals surface area contributed by atoms with Crippen molar-refractivity contribution in [3.8, 4) is 0 Å². The quantitative estimate of drug-likeness (QED) is 0.0287. The number of quaternary nitrogens is 1. The minimum Gasteiger partial charge on any atom is -0.338 e. The van der Waals surface area contributed by atoms with Crippen LogP contribution in [0.3, 0.4) is 0 Å². The van der Waals surface area contributed by atoms with E-state index < -0.39 is 6.10 Å². The molecule has 0 saturated heterocycles. The number of hydrogen-bond donors (Lipinski definition) is 0. The summed E-state index contributed by atoms with van der Waals surface area (Å²) < 4.78 is 6.67. The van der Waals surface area contributed by atoms with Crippen molar-refractivity contribution in [1.82, 2.24) is 0 Å². The largest absolute Gasteiger partial charge is 0.338 e. The van der Waals surface area contributed by atoms with E-state index in [-0.39, 0.29) is 20.1 Å². The van der Waals surface area contributed by atoms with Crippen LogP contribution >= 0.6 is 8.81 Å². The van der Waals surface area contributed by atoms with Crippen LogP contribution in [-0.4, -0.2) is 49.6 Å². The van der Waals surface area contributed by atoms with Crippen molar-refractivity contribution < 1.29 is 18.6 Å². The average Bonchev–Trinajstić information content (AvgIpc) is 3.02. The van der Waals surface area contributed by atoms with E-state index in [4.69, 9.17) is 4.52 Å². The van der Waals surface area contributed by atoms with Gasteiger partial charge in [0.1, 0.15) is 6.54 Å². The third-order valence-corrected chi connectivity index (χ3v) is 9.96. The van der Waals surface area contributed by atoms with E-state index in [1.165, 1.54) is 154 Å². The maximum atomic E-state index is 13.0. The maximum absolute atomic E-state index is 13.0. The Hall–Kier alpha value is -0.570. The Morgan fingerprint density at radius 3 is 1.26 bits per heavy atom. The van der Waals surface area contributed by atoms with E-state index in [1.54, 1.807) is 0 Å². The number of likely N-dealkylation sites (N-methyl/N-ethyl adjacent to an activating group) is 1. The lowest BCUT2D eigenvalue weighted by Crippen LogP contribution is -2.44. The lowest BCUT2D eigenvalue weighted by molar-refractivity contribution is -0.872. The maximum Gasteiger partial charge on any atom is 0.178 e. The summed E-state index contributed by atoms with van der Waals surface area (Å²) in [7, 11) is 6.07. The van der Waals surface area contributed by atoms with Crippen molar-refractivity contribution in [2.75, 3.05) is 27.7 Å². The van der Waals surface area contributed by atoms with Crippen LogP contribution < -0.4 is 0 Å². The predicted octanol–water partition coefficient (Wildman–Crippen LogP) is 13.1. The Bertz CT molecular complexity index is 702. The fourth-order valence-corrected chi connectivity index (χ4v) is 6.84. The van der Waals surface area contributed by atoms with Crippen molar-refractivity contribution in [2.24, 2.45) is 0 Å². The highest BCUT2D eigenvalue weighted by molar-refractivity contribution is 7.53. The molecule has 2 unspecified atom stereocenters. The van der Waals surface area contributed by atoms with E-state index in [9.17, 15) is 9.59 Å². The molecule has 0 N–H and O–H groups in total. The van der Waals surface area contributed by atoms with E-state index in [1.807, 2.05) is 0 Å². The summed E-state index contributed by atoms with van der Waals surface area (Å²) in [4.78, 5) is 25.6. The third kappa shape index (κ3) is 34.8. The van der Waals surface area contributed by atoms with Crippen molar-refractivity contribution in [1.29, 1.82) is 0 Å². The van der Waals surface area contributed by atoms with Gasteiger partial charge in [-0.25, -0.2) is 0 Å². The molecule has 0 amide bonds. The van der Waals surface area contributed by atoms with Gasteiger partial charge in [-0.3, -0.25) is 9.59 Å². The molecule has 0 aromatic rings. The number of ketones is 1. The van der Waals surface area contributed by atoms with Crippen LogP contribution in [0.5, 0.6) is 0 Å². The zero-order valence-electron chi connectivity index (χ0n) is 31.8. The standard InChI is InChI=1S/C41H81NO3P/c1-6-8-10-12-14-16-18-20-22-24-26-28-30-32-34-36-39(43)40(38-42(3,4)5)45-46-41(44)37-35-33-31-29-27-25-23-21-19-17-15-13-11-9-7-2/h21,23,40,46H,6-20,22,24-38H2,1-5H3/q+1. The number of unbranched alkanes of at least 4 members (excludes halogenated alkanes) is 25. The number of rotatable bonds is 37. The highest BCUT2D eigenvalue weighted by Crippen LogP contribution is 2.24. The van der Waals surface area contributed by atoms with E-state index in [0.717, 1.165) is 25.7 Å². The number of carbonyl (C=O) groups is 2. The first-order chi connectivity index (χ1) is 22.3. The summed E-state index contributed by atoms with van der Waals surface area (Å²) in [6, 6.07) is 0. The van der Waals surface area contributed by atoms with Gasteiger partial charge in [0.05, 0.1) is 30.0 Å². The normalized spacial score (nSPS) is 13.0. The zero-order chi connectivity index (χ0) is 34.0. The topological polar surface area (TPSA) is 43.4 Å². The number of allylic oxidation sites excluding steroid dienone is 2. The molecule has 0 saturated carbocycles. The SMILES string of the molecule is CCCCCCCCC=CCCCCCCCC(=O)POC(C[N+](C)(C)C)C(=O)CCCCCCCCCCCCCCCCC. The Morgan fingerprint density at radius 2 is 0.870 bits per heavy atom. The van der Waals surface area contributed by atoms with Gasteiger partial charge in [0.2, 0.25) is 0 Å². The summed E-state index contributed by atoms with van der Waals surface area (Å²) in [5.41, 5.74) is 0.170. The first kappa shape index (κ1) is 45.4. The first-order valence-corrected chi connectivity index (χ1v) is 21.1. The molecule has 0 aliphatic heterocycles. The molecule has 0 aromatic heterocycles. The molecule has 0 fully saturated rings. The smallest absolute Gasteiger partial charge is 0.178 e. The number of carbonyl (C=O) groups excluding carboxylic acids is 2. The van der Waals surface area contributed by atoms with Crippen molar-refractivity contribution in [3.05, 3.63) is 12.2 Å². The Balaban J connectivity index is 3.87. The van der Waals surface area contributed by atoms with Crippen molar-refractivity contribution >= 4 is 20.1 Å². The molecule has 0 bridgehead atoms. The van der Waals surface area contributed by atoms with Gasteiger partial charge in [0.15, 0.2) is 17.4 Å². The summed E-state index contributed by atoms with van der Waals surface area (Å²) in [5.74, 6) is 0.184. The highest BCUT2D eigenvalue weighted by Gasteiger charge is 2.26. The van der Waals surface area contributed by atoms with Crippen LogP contribution in [0.4, 0.5) is 0 Å². The molecule has 0 aliphatic rings. The van der Waals surface area contributed by atoms with Crippen LogP contribution in [0.15, 0.2) is 12.2 Å². The minimum absolute atomic E-state index is 0.170. The molecule has 0 aliphatic carbocycles. The summed E-state index contributed by atoms with van der Waals surface area (Å²) in [6.07, 6.45) is 41.7. The molecule has 5 heteroatoms. The second-order valence-electron chi connectivity index (χ2n) is 15.1. The Morgan fingerprint density at radius 1 is 0.522 bits per heavy atom. The predicted molar refractivity (Wildman–Crippen MR) is 205 cm³/mol. The molecule has 4 nitrogen and oxygen atoms in total. The number of nitrogens with zero attached hydrogens (tertiary/aromatic N) is 1. The summed E-state index contributed by atoms with van der Waals surface area (Å²) in [5, 5.41) is 0. The minimum atomic E-state index is -0.456. The van der Waals surface area contributed by atoms with Gasteiger partial charge < -0.3 is 9.01 Å². The van der Waals surface area contributed by atoms with Crippen LogP contribution in [0, 0.1) is 0 Å². The van der Waals surface area contributed by atoms with Crippen LogP contribution in [-0.2, 0) is 14.1 Å². The van der Waals surface area contributed by atoms with Gasteiger partial charge in [-0.1, -0.05) is 167 Å². The lowest BCUT2D eigenvalue weighted by atomic mass is 10.0. The number of hydrogen-bond acceptors (Lipinski definition) is 3. The average molecular weight is 667 g/mol. The monoisotopic (exact) mass is 667 g/mol. The summed E-state index contributed by atoms with van der Waals surface area (Å²) >= 11 is 0. The Labute approximate surface area is 290 Å². The second kappa shape index (κ2) is 34.3. The van der Waals surface area contributed by atoms with Crippen LogP contribution in [0.2, 0.25) is 0 Å². The molecule has 0 radical (unpaired) electrons. The molecule has 0 rings (SSSR count). The van der Waals surface area contributed by atoms with Gasteiger partial charge in [0, 0.05) is 12.8 Å². The van der Waals surface area contributed by atoms with Crippen molar-refractivity contribution in [3.63, 3.8) is 0 Å². The molecule has 2 atom stereocenters. The van der Waals surface area contributed by atoms with Gasteiger partial charge in [-0.15, -0.1) is 0 Å². The molecule has 0 aromatic carbocycles. The molecule has 46 heavy (non-hydrogen) atoms. The molecular formula is C41H81NO3P+. The summed E-state index contributed by atoms with van der Waals surface area (Å²) in [6.45, 7) is 5.18. The fraction of sp³-hybridized carbons (Fsp3) is 0.902. The highest BCUT2D eigenvalue weighted by atomic mass is 31.1. The van der Waals surface area contributed by atoms with E-state index in [0.29, 0.717) is 23.9 Å². The number of Topliss-reactive ketones (excluding diaryl/α,β-unsaturated/α-hetero) is 1. The van der Waals surface area contributed by atoms with Crippen molar-refractivity contribution in [2.45, 2.75) is 213 Å². The molecule has 272 valence electrons. The second-order valence-corrected chi connectivity index (χ2v) is 16.1. The lowest BCUT2D eigenvalue weighted by Gasteiger charge is -2.28. The fourth-order valence-electron chi connectivity index (χ4n) is 6.08. The van der Waals surface area contributed by atoms with Gasteiger partial charge in [-0.2, -0.15) is 0 Å². The van der Waals surface area contributed by atoms with E-state index >= 15 is 0 Å². The van der Waals surface area contributed by atoms with E-state index in [2.05, 4.69) is 47.1 Å². The zero-order valence-corrected chi connectivity index (χ0v) is 32.8. The molecule has 0 heterocycles. The Kier molecular flexibility index (Phi) is 33.9. The molecular weight excluding hydrogens is 585 g/mol. The van der Waals surface area contributed by atoms with Gasteiger partial charge >= 0.3 is 0 Å². The first-order valence-electron chi connectivity index (χ1n) is 20.2. The van der Waals surface area contributed by atoms with Crippen LogP contribution in [0.1, 0.15) is 206 Å². The molecule has 0 spiro atoms. The van der Waals surface area contributed by atoms with Gasteiger partial charge in [-0.05, 0) is 38.5 Å². The van der Waals surface area contributed by atoms with Gasteiger partial charge in [0.25, 0.3) is 0 Å².